The molecule has 2 aromatic rings. The van der Waals surface area contributed by atoms with E-state index >= 15 is 0 Å². The van der Waals surface area contributed by atoms with Crippen molar-refractivity contribution in [2.45, 2.75) is 20.3 Å². The molecule has 0 saturated carbocycles. The molecule has 0 bridgehead atoms. The average molecular weight is 345 g/mol. The Morgan fingerprint density at radius 3 is 2.36 bits per heavy atom. The predicted molar refractivity (Wildman–Crippen MR) is 96.2 cm³/mol. The molecule has 1 amide bonds. The molecule has 5 heteroatoms. The highest BCUT2D eigenvalue weighted by atomic mass is 19.1. The van der Waals surface area contributed by atoms with Crippen molar-refractivity contribution in [1.82, 2.24) is 5.32 Å². The summed E-state index contributed by atoms with van der Waals surface area (Å²) in [6, 6.07) is 11.8. The van der Waals surface area contributed by atoms with Gasteiger partial charge < -0.3 is 15.2 Å². The molecule has 0 aliphatic heterocycles. The normalized spacial score (nSPS) is 11.2. The summed E-state index contributed by atoms with van der Waals surface area (Å²) in [5.41, 5.74) is 1.30. The number of benzene rings is 2. The van der Waals surface area contributed by atoms with Crippen molar-refractivity contribution in [2.75, 3.05) is 20.3 Å². The first-order valence-electron chi connectivity index (χ1n) is 8.19. The number of rotatable bonds is 7. The number of aliphatic hydroxyl groups excluding tert-OH is 1. The second kappa shape index (κ2) is 8.12. The summed E-state index contributed by atoms with van der Waals surface area (Å²) in [5.74, 6) is -0.290. The van der Waals surface area contributed by atoms with E-state index < -0.39 is 11.7 Å². The van der Waals surface area contributed by atoms with Gasteiger partial charge in [-0.05, 0) is 47.2 Å². The maximum absolute atomic E-state index is 14.4. The lowest BCUT2D eigenvalue weighted by molar-refractivity contribution is 0.0924. The zero-order valence-electron chi connectivity index (χ0n) is 14.8. The molecule has 2 rings (SSSR count). The van der Waals surface area contributed by atoms with Gasteiger partial charge in [-0.1, -0.05) is 32.0 Å². The van der Waals surface area contributed by atoms with E-state index in [4.69, 9.17) is 9.84 Å². The molecule has 0 spiro atoms. The van der Waals surface area contributed by atoms with Crippen molar-refractivity contribution in [2.24, 2.45) is 5.41 Å². The minimum absolute atomic E-state index is 0.0112. The molecular formula is C20H24FNO3. The van der Waals surface area contributed by atoms with Gasteiger partial charge in [-0.2, -0.15) is 0 Å². The molecule has 2 aromatic carbocycles. The summed E-state index contributed by atoms with van der Waals surface area (Å²) >= 11 is 0. The van der Waals surface area contributed by atoms with Gasteiger partial charge in [0.1, 0.15) is 11.6 Å². The Morgan fingerprint density at radius 2 is 1.80 bits per heavy atom. The third-order valence-electron chi connectivity index (χ3n) is 4.15. The van der Waals surface area contributed by atoms with E-state index in [0.717, 1.165) is 11.3 Å². The van der Waals surface area contributed by atoms with Crippen LogP contribution in [0.3, 0.4) is 0 Å². The number of halogens is 1. The number of aliphatic hydroxyl groups is 1. The second-order valence-electron chi connectivity index (χ2n) is 6.74. The molecular weight excluding hydrogens is 321 g/mol. The van der Waals surface area contributed by atoms with Crippen LogP contribution in [-0.2, 0) is 0 Å². The Bertz CT molecular complexity index is 726. The lowest BCUT2D eigenvalue weighted by Gasteiger charge is -2.23. The van der Waals surface area contributed by atoms with Crippen LogP contribution < -0.4 is 10.1 Å². The van der Waals surface area contributed by atoms with Gasteiger partial charge in [-0.25, -0.2) is 4.39 Å². The Morgan fingerprint density at radius 1 is 1.16 bits per heavy atom. The van der Waals surface area contributed by atoms with Crippen molar-refractivity contribution in [3.05, 3.63) is 53.8 Å². The van der Waals surface area contributed by atoms with Crippen molar-refractivity contribution in [3.8, 4) is 16.9 Å². The van der Waals surface area contributed by atoms with E-state index in [1.165, 1.54) is 12.1 Å². The maximum Gasteiger partial charge on any atom is 0.254 e. The molecule has 0 saturated heterocycles. The molecule has 2 N–H and O–H groups in total. The summed E-state index contributed by atoms with van der Waals surface area (Å²) in [6.07, 6.45) is 0.562. The largest absolute Gasteiger partial charge is 0.497 e. The average Bonchev–Trinajstić information content (AvgIpc) is 2.59. The summed E-state index contributed by atoms with van der Waals surface area (Å²) in [4.78, 5) is 12.2. The quantitative estimate of drug-likeness (QED) is 0.805. The first-order valence-corrected chi connectivity index (χ1v) is 8.19. The van der Waals surface area contributed by atoms with Gasteiger partial charge in [0.2, 0.25) is 0 Å². The van der Waals surface area contributed by atoms with Gasteiger partial charge in [0, 0.05) is 13.2 Å². The minimum atomic E-state index is -0.564. The molecule has 4 nitrogen and oxygen atoms in total. The van der Waals surface area contributed by atoms with Crippen LogP contribution in [0.5, 0.6) is 5.75 Å². The highest BCUT2D eigenvalue weighted by molar-refractivity contribution is 5.95. The second-order valence-corrected chi connectivity index (χ2v) is 6.74. The van der Waals surface area contributed by atoms with E-state index in [0.29, 0.717) is 18.5 Å². The van der Waals surface area contributed by atoms with Gasteiger partial charge in [0.05, 0.1) is 12.7 Å². The number of carbonyl (C=O) groups excluding carboxylic acids is 1. The Balaban J connectivity index is 2.11. The number of hydrogen-bond acceptors (Lipinski definition) is 3. The van der Waals surface area contributed by atoms with E-state index in [9.17, 15) is 9.18 Å². The fraction of sp³-hybridized carbons (Fsp3) is 0.350. The number of nitrogens with one attached hydrogen (secondary N) is 1. The molecule has 0 atom stereocenters. The van der Waals surface area contributed by atoms with Crippen molar-refractivity contribution >= 4 is 5.91 Å². The number of hydrogen-bond donors (Lipinski definition) is 2. The van der Waals surface area contributed by atoms with Crippen molar-refractivity contribution in [3.63, 3.8) is 0 Å². The molecule has 0 radical (unpaired) electrons. The molecule has 0 unspecified atom stereocenters. The molecule has 0 aliphatic carbocycles. The topological polar surface area (TPSA) is 58.6 Å². The summed E-state index contributed by atoms with van der Waals surface area (Å²) in [5, 5.41) is 11.8. The SMILES string of the molecule is COc1ccc(-c2ccc(C(=O)NCC(C)(C)CCO)c(F)c2)cc1. The standard InChI is InChI=1S/C20H24FNO3/c1-20(2,10-11-23)13-22-19(24)17-9-6-15(12-18(17)21)14-4-7-16(25-3)8-5-14/h4-9,12,23H,10-11,13H2,1-3H3,(H,22,24). The molecule has 25 heavy (non-hydrogen) atoms. The molecule has 0 fully saturated rings. The molecule has 0 aliphatic rings. The van der Waals surface area contributed by atoms with Gasteiger partial charge in [0.25, 0.3) is 5.91 Å². The summed E-state index contributed by atoms with van der Waals surface area (Å²) in [6.45, 7) is 4.29. The minimum Gasteiger partial charge on any atom is -0.497 e. The Labute approximate surface area is 147 Å². The molecule has 0 aromatic heterocycles. The lowest BCUT2D eigenvalue weighted by atomic mass is 9.89. The predicted octanol–water partition coefficient (Wildman–Crippen LogP) is 3.64. The van der Waals surface area contributed by atoms with Crippen LogP contribution in [0.25, 0.3) is 11.1 Å². The lowest BCUT2D eigenvalue weighted by Crippen LogP contribution is -2.34. The van der Waals surface area contributed by atoms with Gasteiger partial charge >= 0.3 is 0 Å². The van der Waals surface area contributed by atoms with Crippen LogP contribution in [0.4, 0.5) is 4.39 Å². The van der Waals surface area contributed by atoms with Gasteiger partial charge in [-0.3, -0.25) is 4.79 Å². The first-order chi connectivity index (χ1) is 11.9. The Kier molecular flexibility index (Phi) is 6.15. The van der Waals surface area contributed by atoms with E-state index in [1.54, 1.807) is 25.3 Å². The summed E-state index contributed by atoms with van der Waals surface area (Å²) < 4.78 is 19.5. The van der Waals surface area contributed by atoms with Crippen molar-refractivity contribution < 1.29 is 19.0 Å². The first kappa shape index (κ1) is 18.9. The van der Waals surface area contributed by atoms with Crippen LogP contribution in [0, 0.1) is 11.2 Å². The smallest absolute Gasteiger partial charge is 0.254 e. The monoisotopic (exact) mass is 345 g/mol. The van der Waals surface area contributed by atoms with Crippen LogP contribution >= 0.6 is 0 Å². The van der Waals surface area contributed by atoms with Gasteiger partial charge in [0.15, 0.2) is 0 Å². The third kappa shape index (κ3) is 5.03. The zero-order chi connectivity index (χ0) is 18.4. The zero-order valence-corrected chi connectivity index (χ0v) is 14.8. The fourth-order valence-electron chi connectivity index (χ4n) is 2.47. The number of amides is 1. The maximum atomic E-state index is 14.4. The highest BCUT2D eigenvalue weighted by Gasteiger charge is 2.20. The van der Waals surface area contributed by atoms with Crippen LogP contribution in [-0.4, -0.2) is 31.3 Å². The summed E-state index contributed by atoms with van der Waals surface area (Å²) in [7, 11) is 1.59. The van der Waals surface area contributed by atoms with Crippen LogP contribution in [0.15, 0.2) is 42.5 Å². The highest BCUT2D eigenvalue weighted by Crippen LogP contribution is 2.24. The number of carbonyl (C=O) groups is 1. The third-order valence-corrected chi connectivity index (χ3v) is 4.15. The van der Waals surface area contributed by atoms with E-state index in [-0.39, 0.29) is 17.6 Å². The fourth-order valence-corrected chi connectivity index (χ4v) is 2.47. The van der Waals surface area contributed by atoms with Crippen LogP contribution in [0.1, 0.15) is 30.6 Å². The number of methoxy groups -OCH3 is 1. The molecule has 0 heterocycles. The Hall–Kier alpha value is -2.40. The van der Waals surface area contributed by atoms with Gasteiger partial charge in [-0.15, -0.1) is 0 Å². The van der Waals surface area contributed by atoms with Crippen LogP contribution in [0.2, 0.25) is 0 Å². The van der Waals surface area contributed by atoms with Crippen molar-refractivity contribution in [1.29, 1.82) is 0 Å². The van der Waals surface area contributed by atoms with E-state index in [1.807, 2.05) is 26.0 Å². The van der Waals surface area contributed by atoms with E-state index in [2.05, 4.69) is 5.32 Å². The molecule has 134 valence electrons. The number of ether oxygens (including phenoxy) is 1.